The second-order valence-corrected chi connectivity index (χ2v) is 5.21. The maximum absolute atomic E-state index is 14.1. The second kappa shape index (κ2) is 6.44. The molecule has 19 heavy (non-hydrogen) atoms. The zero-order chi connectivity index (χ0) is 13.8. The maximum Gasteiger partial charge on any atom is 0.163 e. The van der Waals surface area contributed by atoms with Crippen molar-refractivity contribution in [3.8, 4) is 0 Å². The van der Waals surface area contributed by atoms with Gasteiger partial charge in [-0.15, -0.1) is 0 Å². The van der Waals surface area contributed by atoms with Gasteiger partial charge in [-0.3, -0.25) is 4.90 Å². The third kappa shape index (κ3) is 2.95. The van der Waals surface area contributed by atoms with Gasteiger partial charge in [-0.1, -0.05) is 25.5 Å². The summed E-state index contributed by atoms with van der Waals surface area (Å²) in [6.07, 6.45) is 3.18. The number of likely N-dealkylation sites (tertiary alicyclic amines) is 1. The van der Waals surface area contributed by atoms with Crippen LogP contribution in [-0.2, 0) is 0 Å². The number of benzene rings is 1. The monoisotopic (exact) mass is 268 g/mol. The molecule has 0 bridgehead atoms. The molecule has 1 saturated heterocycles. The minimum absolute atomic E-state index is 0.104. The Bertz CT molecular complexity index is 409. The third-order valence-corrected chi connectivity index (χ3v) is 4.12. The van der Waals surface area contributed by atoms with Gasteiger partial charge in [-0.25, -0.2) is 8.78 Å². The first-order valence-electron chi connectivity index (χ1n) is 7.07. The molecule has 106 valence electrons. The van der Waals surface area contributed by atoms with E-state index in [2.05, 4.69) is 11.8 Å². The van der Waals surface area contributed by atoms with Gasteiger partial charge in [0.2, 0.25) is 0 Å². The summed E-state index contributed by atoms with van der Waals surface area (Å²) in [5, 5.41) is 0. The summed E-state index contributed by atoms with van der Waals surface area (Å²) in [5.41, 5.74) is 6.32. The first-order valence-corrected chi connectivity index (χ1v) is 7.07. The van der Waals surface area contributed by atoms with Gasteiger partial charge in [0.25, 0.3) is 0 Å². The molecule has 2 rings (SSSR count). The van der Waals surface area contributed by atoms with E-state index in [0.717, 1.165) is 32.4 Å². The Kier molecular flexibility index (Phi) is 4.88. The van der Waals surface area contributed by atoms with E-state index in [1.54, 1.807) is 12.1 Å². The first-order chi connectivity index (χ1) is 9.19. The molecule has 0 amide bonds. The van der Waals surface area contributed by atoms with Crippen LogP contribution in [0.25, 0.3) is 0 Å². The Hall–Kier alpha value is -1.00. The minimum Gasteiger partial charge on any atom is -0.330 e. The summed E-state index contributed by atoms with van der Waals surface area (Å²) < 4.78 is 27.6. The lowest BCUT2D eigenvalue weighted by Gasteiger charge is -2.34. The fraction of sp³-hybridized carbons (Fsp3) is 0.600. The number of hydrogen-bond donors (Lipinski definition) is 1. The summed E-state index contributed by atoms with van der Waals surface area (Å²) in [5.74, 6) is -1.29. The van der Waals surface area contributed by atoms with Crippen molar-refractivity contribution in [2.24, 2.45) is 11.7 Å². The van der Waals surface area contributed by atoms with E-state index in [1.165, 1.54) is 6.07 Å². The lowest BCUT2D eigenvalue weighted by atomic mass is 9.89. The molecule has 0 spiro atoms. The topological polar surface area (TPSA) is 29.3 Å². The van der Waals surface area contributed by atoms with E-state index < -0.39 is 11.6 Å². The van der Waals surface area contributed by atoms with Crippen LogP contribution in [0.3, 0.4) is 0 Å². The highest BCUT2D eigenvalue weighted by molar-refractivity contribution is 5.24. The highest BCUT2D eigenvalue weighted by Crippen LogP contribution is 2.36. The third-order valence-electron chi connectivity index (χ3n) is 4.12. The molecule has 0 saturated carbocycles. The quantitative estimate of drug-likeness (QED) is 0.912. The van der Waals surface area contributed by atoms with Crippen LogP contribution in [-0.4, -0.2) is 24.5 Å². The van der Waals surface area contributed by atoms with E-state index in [1.807, 2.05) is 0 Å². The van der Waals surface area contributed by atoms with Crippen LogP contribution >= 0.6 is 0 Å². The van der Waals surface area contributed by atoms with Crippen LogP contribution < -0.4 is 5.73 Å². The lowest BCUT2D eigenvalue weighted by Crippen LogP contribution is -2.36. The molecule has 2 N–H and O–H groups in total. The molecule has 2 nitrogen and oxygen atoms in total. The fourth-order valence-corrected chi connectivity index (χ4v) is 3.12. The molecule has 1 aliphatic rings. The standard InChI is InChI=1S/C15H22F2N2/c1-2-19-9-4-3-6-11(10-18)15(19)12-7-5-8-13(16)14(12)17/h5,7-8,11,15H,2-4,6,9-10,18H2,1H3. The van der Waals surface area contributed by atoms with E-state index in [0.29, 0.717) is 12.1 Å². The van der Waals surface area contributed by atoms with E-state index in [9.17, 15) is 8.78 Å². The highest BCUT2D eigenvalue weighted by atomic mass is 19.2. The molecular weight excluding hydrogens is 246 g/mol. The molecule has 4 heteroatoms. The first kappa shape index (κ1) is 14.4. The van der Waals surface area contributed by atoms with E-state index in [-0.39, 0.29) is 12.0 Å². The zero-order valence-corrected chi connectivity index (χ0v) is 11.4. The zero-order valence-electron chi connectivity index (χ0n) is 11.4. The lowest BCUT2D eigenvalue weighted by molar-refractivity contribution is 0.161. The molecule has 0 aliphatic carbocycles. The van der Waals surface area contributed by atoms with Crippen molar-refractivity contribution in [3.05, 3.63) is 35.4 Å². The number of nitrogens with zero attached hydrogens (tertiary/aromatic N) is 1. The van der Waals surface area contributed by atoms with E-state index >= 15 is 0 Å². The van der Waals surface area contributed by atoms with Crippen LogP contribution in [0.2, 0.25) is 0 Å². The normalized spacial score (nSPS) is 25.3. The molecule has 2 atom stereocenters. The molecular formula is C15H22F2N2. The van der Waals surface area contributed by atoms with Gasteiger partial charge in [-0.2, -0.15) is 0 Å². The number of nitrogens with two attached hydrogens (primary N) is 1. The largest absolute Gasteiger partial charge is 0.330 e. The van der Waals surface area contributed by atoms with Crippen LogP contribution in [0.4, 0.5) is 8.78 Å². The summed E-state index contributed by atoms with van der Waals surface area (Å²) >= 11 is 0. The number of rotatable bonds is 3. The molecule has 1 aromatic carbocycles. The predicted octanol–water partition coefficient (Wildman–Crippen LogP) is 3.09. The Labute approximate surface area is 113 Å². The summed E-state index contributed by atoms with van der Waals surface area (Å²) in [4.78, 5) is 2.22. The SMILES string of the molecule is CCN1CCCCC(CN)C1c1cccc(F)c1F. The Morgan fingerprint density at radius 3 is 2.79 bits per heavy atom. The van der Waals surface area contributed by atoms with E-state index in [4.69, 9.17) is 5.73 Å². The van der Waals surface area contributed by atoms with Crippen LogP contribution in [0.5, 0.6) is 0 Å². The predicted molar refractivity (Wildman–Crippen MR) is 72.7 cm³/mol. The van der Waals surface area contributed by atoms with Crippen molar-refractivity contribution in [1.29, 1.82) is 0 Å². The van der Waals surface area contributed by atoms with Crippen molar-refractivity contribution >= 4 is 0 Å². The van der Waals surface area contributed by atoms with Crippen molar-refractivity contribution < 1.29 is 8.78 Å². The average Bonchev–Trinajstić information content (AvgIpc) is 2.63. The van der Waals surface area contributed by atoms with Crippen molar-refractivity contribution in [3.63, 3.8) is 0 Å². The molecule has 0 aromatic heterocycles. The molecule has 0 radical (unpaired) electrons. The number of hydrogen-bond acceptors (Lipinski definition) is 2. The van der Waals surface area contributed by atoms with Crippen molar-refractivity contribution in [1.82, 2.24) is 4.90 Å². The molecule has 1 fully saturated rings. The van der Waals surface area contributed by atoms with Crippen molar-refractivity contribution in [2.45, 2.75) is 32.2 Å². The number of halogens is 2. The average molecular weight is 268 g/mol. The van der Waals surface area contributed by atoms with Gasteiger partial charge in [-0.05, 0) is 44.5 Å². The summed E-state index contributed by atoms with van der Waals surface area (Å²) in [7, 11) is 0. The molecule has 1 aliphatic heterocycles. The Morgan fingerprint density at radius 1 is 1.32 bits per heavy atom. The van der Waals surface area contributed by atoms with Crippen LogP contribution in [0.1, 0.15) is 37.8 Å². The van der Waals surface area contributed by atoms with Gasteiger partial charge in [0.1, 0.15) is 0 Å². The van der Waals surface area contributed by atoms with Gasteiger partial charge < -0.3 is 5.73 Å². The smallest absolute Gasteiger partial charge is 0.163 e. The maximum atomic E-state index is 14.1. The van der Waals surface area contributed by atoms with Crippen LogP contribution in [0, 0.1) is 17.6 Å². The van der Waals surface area contributed by atoms with Gasteiger partial charge in [0.05, 0.1) is 0 Å². The highest BCUT2D eigenvalue weighted by Gasteiger charge is 2.31. The van der Waals surface area contributed by atoms with Gasteiger partial charge >= 0.3 is 0 Å². The Balaban J connectivity index is 2.42. The van der Waals surface area contributed by atoms with Crippen LogP contribution in [0.15, 0.2) is 18.2 Å². The fourth-order valence-electron chi connectivity index (χ4n) is 3.12. The molecule has 2 unspecified atom stereocenters. The Morgan fingerprint density at radius 2 is 2.11 bits per heavy atom. The van der Waals surface area contributed by atoms with Gasteiger partial charge in [0, 0.05) is 11.6 Å². The summed E-state index contributed by atoms with van der Waals surface area (Å²) in [6, 6.07) is 4.34. The molecule has 1 heterocycles. The van der Waals surface area contributed by atoms with Gasteiger partial charge in [0.15, 0.2) is 11.6 Å². The van der Waals surface area contributed by atoms with Crippen molar-refractivity contribution in [2.75, 3.05) is 19.6 Å². The minimum atomic E-state index is -0.770. The second-order valence-electron chi connectivity index (χ2n) is 5.21. The summed E-state index contributed by atoms with van der Waals surface area (Å²) in [6.45, 7) is 4.32. The molecule has 1 aromatic rings.